The molecule has 0 radical (unpaired) electrons. The maximum atomic E-state index is 12.9. The van der Waals surface area contributed by atoms with Crippen LogP contribution in [0.1, 0.15) is 51.7 Å². The molecule has 0 saturated heterocycles. The van der Waals surface area contributed by atoms with Gasteiger partial charge in [-0.05, 0) is 49.0 Å². The van der Waals surface area contributed by atoms with Gasteiger partial charge in [0.2, 0.25) is 0 Å². The van der Waals surface area contributed by atoms with Crippen LogP contribution in [-0.2, 0) is 18.7 Å². The Morgan fingerprint density at radius 2 is 1.69 bits per heavy atom. The molecule has 2 atom stereocenters. The second-order valence-electron chi connectivity index (χ2n) is 8.84. The van der Waals surface area contributed by atoms with Crippen LogP contribution in [0.4, 0.5) is 13.2 Å². The Labute approximate surface area is 172 Å². The van der Waals surface area contributed by atoms with Crippen molar-refractivity contribution in [2.75, 3.05) is 0 Å². The third kappa shape index (κ3) is 5.64. The standard InChI is InChI=1S/C20H29F3O4SSi/c1-19(2,3)29(4,5)27-18(15-11-7-6-8-12-15)16-13-9-10-14-17(16)26-28(24,25)20(21,22)23/h6-8,11-12,14,16,18H,9-10,13H2,1-5H3/t16-,18-/m1/s1. The summed E-state index contributed by atoms with van der Waals surface area (Å²) in [6.45, 7) is 10.3. The second kappa shape index (κ2) is 8.43. The minimum absolute atomic E-state index is 0.128. The molecule has 1 aromatic carbocycles. The van der Waals surface area contributed by atoms with E-state index in [9.17, 15) is 21.6 Å². The van der Waals surface area contributed by atoms with Gasteiger partial charge in [-0.1, -0.05) is 51.1 Å². The molecule has 0 aliphatic heterocycles. The van der Waals surface area contributed by atoms with Crippen molar-refractivity contribution < 1.29 is 30.2 Å². The lowest BCUT2D eigenvalue weighted by Crippen LogP contribution is -2.43. The van der Waals surface area contributed by atoms with Crippen LogP contribution in [0.3, 0.4) is 0 Å². The average molecular weight is 451 g/mol. The first kappa shape index (κ1) is 24.0. The summed E-state index contributed by atoms with van der Waals surface area (Å²) in [5.74, 6) is -0.793. The molecule has 0 amide bonds. The Bertz CT molecular complexity index is 828. The molecule has 29 heavy (non-hydrogen) atoms. The van der Waals surface area contributed by atoms with Crippen molar-refractivity contribution in [2.24, 2.45) is 5.92 Å². The Hall–Kier alpha value is -1.32. The molecule has 0 aromatic heterocycles. The summed E-state index contributed by atoms with van der Waals surface area (Å²) in [6.07, 6.45) is 2.51. The quantitative estimate of drug-likeness (QED) is 0.290. The lowest BCUT2D eigenvalue weighted by molar-refractivity contribution is -0.0535. The normalized spacial score (nSPS) is 20.1. The number of halogens is 3. The predicted octanol–water partition coefficient (Wildman–Crippen LogP) is 6.30. The van der Waals surface area contributed by atoms with Gasteiger partial charge >= 0.3 is 15.6 Å². The molecule has 0 heterocycles. The molecule has 0 fully saturated rings. The van der Waals surface area contributed by atoms with Crippen LogP contribution in [0.25, 0.3) is 0 Å². The van der Waals surface area contributed by atoms with E-state index >= 15 is 0 Å². The maximum Gasteiger partial charge on any atom is 0.534 e. The maximum absolute atomic E-state index is 12.9. The monoisotopic (exact) mass is 450 g/mol. The molecule has 1 aromatic rings. The number of alkyl halides is 3. The number of rotatable bonds is 6. The van der Waals surface area contributed by atoms with E-state index in [0.717, 1.165) is 5.56 Å². The van der Waals surface area contributed by atoms with Gasteiger partial charge in [-0.15, -0.1) is 0 Å². The van der Waals surface area contributed by atoms with Crippen LogP contribution in [-0.4, -0.2) is 22.2 Å². The fourth-order valence-electron chi connectivity index (χ4n) is 2.97. The van der Waals surface area contributed by atoms with E-state index in [4.69, 9.17) is 4.43 Å². The number of benzene rings is 1. The first-order valence-electron chi connectivity index (χ1n) is 9.59. The number of hydrogen-bond acceptors (Lipinski definition) is 4. The zero-order valence-electron chi connectivity index (χ0n) is 17.4. The highest BCUT2D eigenvalue weighted by Gasteiger charge is 2.50. The molecule has 2 rings (SSSR count). The van der Waals surface area contributed by atoms with Crippen molar-refractivity contribution in [3.63, 3.8) is 0 Å². The number of allylic oxidation sites excluding steroid dienone is 1. The van der Waals surface area contributed by atoms with E-state index in [1.54, 1.807) is 0 Å². The van der Waals surface area contributed by atoms with Crippen molar-refractivity contribution in [3.8, 4) is 0 Å². The molecule has 164 valence electrons. The van der Waals surface area contributed by atoms with E-state index in [-0.39, 0.29) is 10.8 Å². The van der Waals surface area contributed by atoms with Crippen molar-refractivity contribution in [2.45, 2.75) is 69.8 Å². The van der Waals surface area contributed by atoms with E-state index in [1.165, 1.54) is 6.08 Å². The molecule has 0 spiro atoms. The van der Waals surface area contributed by atoms with Crippen LogP contribution in [0.5, 0.6) is 0 Å². The Kier molecular flexibility index (Phi) is 6.96. The Morgan fingerprint density at radius 1 is 1.10 bits per heavy atom. The van der Waals surface area contributed by atoms with Crippen LogP contribution in [0, 0.1) is 5.92 Å². The summed E-state index contributed by atoms with van der Waals surface area (Å²) in [7, 11) is -8.04. The largest absolute Gasteiger partial charge is 0.534 e. The summed E-state index contributed by atoms with van der Waals surface area (Å²) >= 11 is 0. The Morgan fingerprint density at radius 3 is 2.21 bits per heavy atom. The fourth-order valence-corrected chi connectivity index (χ4v) is 4.79. The summed E-state index contributed by atoms with van der Waals surface area (Å²) < 4.78 is 73.2. The molecule has 0 bridgehead atoms. The van der Waals surface area contributed by atoms with E-state index < -0.39 is 36.0 Å². The van der Waals surface area contributed by atoms with Gasteiger partial charge in [0.25, 0.3) is 0 Å². The van der Waals surface area contributed by atoms with Gasteiger partial charge in [-0.25, -0.2) is 0 Å². The van der Waals surface area contributed by atoms with Crippen molar-refractivity contribution in [1.82, 2.24) is 0 Å². The van der Waals surface area contributed by atoms with E-state index in [2.05, 4.69) is 38.0 Å². The van der Waals surface area contributed by atoms with Gasteiger partial charge in [0, 0.05) is 5.92 Å². The molecule has 9 heteroatoms. The van der Waals surface area contributed by atoms with Gasteiger partial charge in [-0.3, -0.25) is 0 Å². The lowest BCUT2D eigenvalue weighted by atomic mass is 9.86. The summed E-state index contributed by atoms with van der Waals surface area (Å²) in [4.78, 5) is 0. The third-order valence-electron chi connectivity index (χ3n) is 5.64. The SMILES string of the molecule is CC(C)(C)[Si](C)(C)O[C@H](c1ccccc1)[C@@H]1CCCC=C1OS(=O)(=O)C(F)(F)F. The highest BCUT2D eigenvalue weighted by Crippen LogP contribution is 2.46. The smallest absolute Gasteiger partial charge is 0.409 e. The average Bonchev–Trinajstić information content (AvgIpc) is 2.59. The van der Waals surface area contributed by atoms with Crippen LogP contribution in [0.15, 0.2) is 42.2 Å². The van der Waals surface area contributed by atoms with Gasteiger partial charge in [0.1, 0.15) is 5.76 Å². The van der Waals surface area contributed by atoms with Crippen molar-refractivity contribution in [1.29, 1.82) is 0 Å². The predicted molar refractivity (Wildman–Crippen MR) is 109 cm³/mol. The van der Waals surface area contributed by atoms with Crippen LogP contribution >= 0.6 is 0 Å². The first-order chi connectivity index (χ1) is 13.2. The highest BCUT2D eigenvalue weighted by molar-refractivity contribution is 7.87. The summed E-state index contributed by atoms with van der Waals surface area (Å²) in [6, 6.07) is 9.20. The van der Waals surface area contributed by atoms with Gasteiger partial charge in [0.05, 0.1) is 6.10 Å². The van der Waals surface area contributed by atoms with Crippen LogP contribution < -0.4 is 0 Å². The second-order valence-corrected chi connectivity index (χ2v) is 15.1. The van der Waals surface area contributed by atoms with Crippen LogP contribution in [0.2, 0.25) is 18.1 Å². The minimum atomic E-state index is -5.73. The summed E-state index contributed by atoms with van der Waals surface area (Å²) in [5.41, 5.74) is -4.68. The molecule has 0 N–H and O–H groups in total. The molecular weight excluding hydrogens is 421 g/mol. The topological polar surface area (TPSA) is 52.6 Å². The van der Waals surface area contributed by atoms with Crippen molar-refractivity contribution >= 4 is 18.4 Å². The van der Waals surface area contributed by atoms with Gasteiger partial charge in [0.15, 0.2) is 8.32 Å². The van der Waals surface area contributed by atoms with Gasteiger partial charge in [-0.2, -0.15) is 21.6 Å². The van der Waals surface area contributed by atoms with Crippen molar-refractivity contribution in [3.05, 3.63) is 47.7 Å². The zero-order valence-corrected chi connectivity index (χ0v) is 19.2. The van der Waals surface area contributed by atoms with E-state index in [1.807, 2.05) is 30.3 Å². The lowest BCUT2D eigenvalue weighted by Gasteiger charge is -2.42. The molecule has 0 saturated carbocycles. The van der Waals surface area contributed by atoms with Gasteiger partial charge < -0.3 is 8.61 Å². The fraction of sp³-hybridized carbons (Fsp3) is 0.600. The number of hydrogen-bond donors (Lipinski definition) is 0. The summed E-state index contributed by atoms with van der Waals surface area (Å²) in [5, 5.41) is -0.128. The molecule has 1 aliphatic rings. The molecular formula is C20H29F3O4SSi. The highest BCUT2D eigenvalue weighted by atomic mass is 32.2. The third-order valence-corrected chi connectivity index (χ3v) is 11.1. The molecule has 1 aliphatic carbocycles. The Balaban J connectivity index is 2.46. The minimum Gasteiger partial charge on any atom is -0.409 e. The van der Waals surface area contributed by atoms with E-state index in [0.29, 0.717) is 19.3 Å². The first-order valence-corrected chi connectivity index (χ1v) is 13.9. The zero-order chi connectivity index (χ0) is 22.1. The molecule has 4 nitrogen and oxygen atoms in total. The molecule has 0 unspecified atom stereocenters.